The first-order valence-corrected chi connectivity index (χ1v) is 6.71. The Labute approximate surface area is 103 Å². The van der Waals surface area contributed by atoms with Gasteiger partial charge in [-0.15, -0.1) is 0 Å². The van der Waals surface area contributed by atoms with Crippen LogP contribution in [0.2, 0.25) is 0 Å². The van der Waals surface area contributed by atoms with E-state index in [2.05, 4.69) is 31.7 Å². The fraction of sp³-hybridized carbons (Fsp3) is 0.500. The molecule has 1 heterocycles. The summed E-state index contributed by atoms with van der Waals surface area (Å²) in [5, 5.41) is 0. The second kappa shape index (κ2) is 4.21. The third kappa shape index (κ3) is 1.88. The molecule has 1 aliphatic heterocycles. The largest absolute Gasteiger partial charge is 0.489 e. The molecule has 1 aromatic carbocycles. The zero-order chi connectivity index (χ0) is 11.8. The average Bonchev–Trinajstić information content (AvgIpc) is 2.51. The van der Waals surface area contributed by atoms with Gasteiger partial charge in [0, 0.05) is 5.56 Å². The molecular weight excluding hydrogens is 208 g/mol. The van der Waals surface area contributed by atoms with E-state index in [4.69, 9.17) is 4.74 Å². The van der Waals surface area contributed by atoms with Crippen molar-refractivity contribution in [2.75, 3.05) is 0 Å². The number of fused-ring (bicyclic) bond motifs is 4. The standard InChI is InChI=1S/C16H20O/c1-11(2)14-8-5-9-15-12-6-3-4-7-13(10-12)17-16(14)15/h5,8-9,12-13H,1,3-4,6-7,10H2,2H3. The second-order valence-electron chi connectivity index (χ2n) is 5.46. The molecule has 1 fully saturated rings. The van der Waals surface area contributed by atoms with Gasteiger partial charge in [-0.3, -0.25) is 0 Å². The molecule has 0 N–H and O–H groups in total. The van der Waals surface area contributed by atoms with Gasteiger partial charge in [-0.1, -0.05) is 31.2 Å². The van der Waals surface area contributed by atoms with Gasteiger partial charge < -0.3 is 4.74 Å². The SMILES string of the molecule is C=C(C)c1cccc2c1OC1CCCCC2C1. The van der Waals surface area contributed by atoms with Crippen LogP contribution in [0.15, 0.2) is 24.8 Å². The number of allylic oxidation sites excluding steroid dienone is 1. The van der Waals surface area contributed by atoms with E-state index in [-0.39, 0.29) is 0 Å². The van der Waals surface area contributed by atoms with Gasteiger partial charge >= 0.3 is 0 Å². The quantitative estimate of drug-likeness (QED) is 0.686. The minimum absolute atomic E-state index is 0.440. The zero-order valence-corrected chi connectivity index (χ0v) is 10.5. The van der Waals surface area contributed by atoms with Crippen molar-refractivity contribution in [1.82, 2.24) is 0 Å². The van der Waals surface area contributed by atoms with Gasteiger partial charge in [-0.2, -0.15) is 0 Å². The Morgan fingerprint density at radius 3 is 2.94 bits per heavy atom. The Morgan fingerprint density at radius 1 is 1.29 bits per heavy atom. The summed E-state index contributed by atoms with van der Waals surface area (Å²) in [6, 6.07) is 6.53. The third-order valence-electron chi connectivity index (χ3n) is 4.11. The third-order valence-corrected chi connectivity index (χ3v) is 4.11. The predicted octanol–water partition coefficient (Wildman–Crippen LogP) is 4.53. The average molecular weight is 228 g/mol. The van der Waals surface area contributed by atoms with E-state index in [1.807, 2.05) is 0 Å². The fourth-order valence-electron chi connectivity index (χ4n) is 3.22. The summed E-state index contributed by atoms with van der Waals surface area (Å²) in [4.78, 5) is 0. The maximum absolute atomic E-state index is 6.21. The van der Waals surface area contributed by atoms with Crippen LogP contribution in [0.25, 0.3) is 5.57 Å². The fourth-order valence-corrected chi connectivity index (χ4v) is 3.22. The minimum atomic E-state index is 0.440. The monoisotopic (exact) mass is 228 g/mol. The lowest BCUT2D eigenvalue weighted by Gasteiger charge is -2.31. The van der Waals surface area contributed by atoms with Crippen molar-refractivity contribution in [3.05, 3.63) is 35.9 Å². The summed E-state index contributed by atoms with van der Waals surface area (Å²) in [5.41, 5.74) is 3.74. The highest BCUT2D eigenvalue weighted by molar-refractivity contribution is 5.69. The summed E-state index contributed by atoms with van der Waals surface area (Å²) in [7, 11) is 0. The minimum Gasteiger partial charge on any atom is -0.489 e. The molecule has 1 saturated carbocycles. The molecule has 2 bridgehead atoms. The molecule has 17 heavy (non-hydrogen) atoms. The predicted molar refractivity (Wildman–Crippen MR) is 71.4 cm³/mol. The number of benzene rings is 1. The topological polar surface area (TPSA) is 9.23 Å². The van der Waals surface area contributed by atoms with Crippen molar-refractivity contribution in [1.29, 1.82) is 0 Å². The van der Waals surface area contributed by atoms with Crippen LogP contribution in [0.1, 0.15) is 56.1 Å². The van der Waals surface area contributed by atoms with E-state index in [9.17, 15) is 0 Å². The molecule has 1 aliphatic carbocycles. The van der Waals surface area contributed by atoms with E-state index in [1.54, 1.807) is 0 Å². The lowest BCUT2D eigenvalue weighted by molar-refractivity contribution is 0.157. The summed E-state index contributed by atoms with van der Waals surface area (Å²) in [6.07, 6.45) is 6.87. The van der Waals surface area contributed by atoms with Crippen molar-refractivity contribution in [2.45, 2.75) is 51.0 Å². The van der Waals surface area contributed by atoms with Gasteiger partial charge in [-0.05, 0) is 49.7 Å². The summed E-state index contributed by atoms with van der Waals surface area (Å²) in [6.45, 7) is 6.14. The molecule has 2 unspecified atom stereocenters. The van der Waals surface area contributed by atoms with Crippen molar-refractivity contribution >= 4 is 5.57 Å². The van der Waals surface area contributed by atoms with Gasteiger partial charge in [0.15, 0.2) is 0 Å². The van der Waals surface area contributed by atoms with Crippen LogP contribution in [-0.4, -0.2) is 6.10 Å². The number of hydrogen-bond acceptors (Lipinski definition) is 1. The second-order valence-corrected chi connectivity index (χ2v) is 5.46. The Kier molecular flexibility index (Phi) is 2.70. The van der Waals surface area contributed by atoms with Gasteiger partial charge in [0.2, 0.25) is 0 Å². The molecule has 1 nitrogen and oxygen atoms in total. The molecule has 1 heteroatoms. The molecule has 90 valence electrons. The molecule has 0 amide bonds. The molecule has 2 aliphatic rings. The zero-order valence-electron chi connectivity index (χ0n) is 10.5. The first-order chi connectivity index (χ1) is 8.25. The van der Waals surface area contributed by atoms with Crippen LogP contribution in [0.5, 0.6) is 5.75 Å². The maximum atomic E-state index is 6.21. The Bertz CT molecular complexity index is 447. The number of para-hydroxylation sites is 1. The maximum Gasteiger partial charge on any atom is 0.130 e. The summed E-state index contributed by atoms with van der Waals surface area (Å²) < 4.78 is 6.21. The lowest BCUT2D eigenvalue weighted by Crippen LogP contribution is -2.24. The smallest absolute Gasteiger partial charge is 0.130 e. The van der Waals surface area contributed by atoms with E-state index in [0.717, 1.165) is 11.3 Å². The van der Waals surface area contributed by atoms with Crippen molar-refractivity contribution < 1.29 is 4.74 Å². The van der Waals surface area contributed by atoms with Crippen molar-refractivity contribution in [3.8, 4) is 5.75 Å². The van der Waals surface area contributed by atoms with Gasteiger partial charge in [0.05, 0.1) is 6.10 Å². The van der Waals surface area contributed by atoms with E-state index < -0.39 is 0 Å². The highest BCUT2D eigenvalue weighted by Gasteiger charge is 2.31. The molecular formula is C16H20O. The highest BCUT2D eigenvalue weighted by atomic mass is 16.5. The Hall–Kier alpha value is -1.24. The van der Waals surface area contributed by atoms with Crippen LogP contribution < -0.4 is 4.74 Å². The van der Waals surface area contributed by atoms with Gasteiger partial charge in [-0.25, -0.2) is 0 Å². The van der Waals surface area contributed by atoms with E-state index in [1.165, 1.54) is 43.2 Å². The molecule has 0 spiro atoms. The van der Waals surface area contributed by atoms with E-state index >= 15 is 0 Å². The van der Waals surface area contributed by atoms with Crippen LogP contribution in [0, 0.1) is 0 Å². The number of hydrogen-bond donors (Lipinski definition) is 0. The van der Waals surface area contributed by atoms with E-state index in [0.29, 0.717) is 12.0 Å². The van der Waals surface area contributed by atoms with Gasteiger partial charge in [0.25, 0.3) is 0 Å². The first kappa shape index (κ1) is 10.9. The van der Waals surface area contributed by atoms with Crippen LogP contribution in [-0.2, 0) is 0 Å². The molecule has 0 aromatic heterocycles. The summed E-state index contributed by atoms with van der Waals surface area (Å²) in [5.74, 6) is 1.84. The summed E-state index contributed by atoms with van der Waals surface area (Å²) >= 11 is 0. The van der Waals surface area contributed by atoms with Crippen LogP contribution in [0.4, 0.5) is 0 Å². The molecule has 0 radical (unpaired) electrons. The molecule has 2 atom stereocenters. The highest BCUT2D eigenvalue weighted by Crippen LogP contribution is 2.45. The normalized spacial score (nSPS) is 26.6. The number of rotatable bonds is 1. The molecule has 3 rings (SSSR count). The molecule has 0 saturated heterocycles. The first-order valence-electron chi connectivity index (χ1n) is 6.71. The number of ether oxygens (including phenoxy) is 1. The lowest BCUT2D eigenvalue weighted by atomic mass is 9.86. The van der Waals surface area contributed by atoms with Crippen LogP contribution in [0.3, 0.4) is 0 Å². The Balaban J connectivity index is 2.09. The Morgan fingerprint density at radius 2 is 2.12 bits per heavy atom. The molecule has 1 aromatic rings. The van der Waals surface area contributed by atoms with Gasteiger partial charge in [0.1, 0.15) is 5.75 Å². The van der Waals surface area contributed by atoms with Crippen molar-refractivity contribution in [3.63, 3.8) is 0 Å². The van der Waals surface area contributed by atoms with Crippen LogP contribution >= 0.6 is 0 Å². The van der Waals surface area contributed by atoms with Crippen molar-refractivity contribution in [2.24, 2.45) is 0 Å².